The third-order valence-corrected chi connectivity index (χ3v) is 8.34. The molecule has 0 N–H and O–H groups in total. The zero-order valence-corrected chi connectivity index (χ0v) is 18.5. The number of carbonyl (C=O) groups is 1. The Hall–Kier alpha value is -2.27. The van der Waals surface area contributed by atoms with Crippen LogP contribution in [0.25, 0.3) is 0 Å². The average molecular weight is 452 g/mol. The monoisotopic (exact) mass is 451 g/mol. The van der Waals surface area contributed by atoms with Crippen LogP contribution in [0, 0.1) is 0 Å². The van der Waals surface area contributed by atoms with E-state index < -0.39 is 26.1 Å². The topological polar surface area (TPSA) is 95.1 Å². The van der Waals surface area contributed by atoms with Crippen molar-refractivity contribution in [3.63, 3.8) is 0 Å². The molecule has 0 unspecified atom stereocenters. The largest absolute Gasteiger partial charge is 0.338 e. The van der Waals surface area contributed by atoms with E-state index in [0.29, 0.717) is 5.56 Å². The van der Waals surface area contributed by atoms with Gasteiger partial charge in [-0.1, -0.05) is 48.5 Å². The van der Waals surface area contributed by atoms with Crippen molar-refractivity contribution < 1.29 is 21.6 Å². The first-order chi connectivity index (χ1) is 14.1. The van der Waals surface area contributed by atoms with Crippen molar-refractivity contribution in [1.82, 2.24) is 13.5 Å². The lowest BCUT2D eigenvalue weighted by molar-refractivity contribution is -0.136. The van der Waals surface area contributed by atoms with Gasteiger partial charge in [-0.15, -0.1) is 0 Å². The minimum atomic E-state index is -3.63. The highest BCUT2D eigenvalue weighted by molar-refractivity contribution is 7.89. The molecule has 2 aromatic carbocycles. The Morgan fingerprint density at radius 2 is 1.37 bits per heavy atom. The van der Waals surface area contributed by atoms with Crippen LogP contribution in [0.3, 0.4) is 0 Å². The zero-order chi connectivity index (χ0) is 21.9. The summed E-state index contributed by atoms with van der Waals surface area (Å²) in [6.45, 7) is 0.664. The molecule has 1 heterocycles. The molecule has 1 amide bonds. The van der Waals surface area contributed by atoms with E-state index in [2.05, 4.69) is 0 Å². The van der Waals surface area contributed by atoms with Crippen LogP contribution in [-0.4, -0.2) is 75.7 Å². The van der Waals surface area contributed by atoms with Gasteiger partial charge in [-0.25, -0.2) is 16.8 Å². The predicted molar refractivity (Wildman–Crippen MR) is 114 cm³/mol. The number of rotatable bonds is 6. The van der Waals surface area contributed by atoms with Crippen molar-refractivity contribution in [3.05, 3.63) is 66.2 Å². The molecule has 0 saturated carbocycles. The van der Waals surface area contributed by atoms with Gasteiger partial charge in [0.05, 0.1) is 11.2 Å². The van der Waals surface area contributed by atoms with Gasteiger partial charge in [-0.05, 0) is 17.7 Å². The van der Waals surface area contributed by atoms with Gasteiger partial charge in [-0.2, -0.15) is 8.61 Å². The highest BCUT2D eigenvalue weighted by atomic mass is 32.2. The van der Waals surface area contributed by atoms with Crippen LogP contribution in [0.2, 0.25) is 0 Å². The smallest absolute Gasteiger partial charge is 0.245 e. The van der Waals surface area contributed by atoms with Crippen LogP contribution in [0.4, 0.5) is 0 Å². The van der Waals surface area contributed by atoms with Gasteiger partial charge < -0.3 is 4.90 Å². The molecule has 0 aliphatic carbocycles. The molecular formula is C20H25N3O5S2. The number of likely N-dealkylation sites (N-methyl/N-ethyl adjacent to an activating group) is 1. The molecule has 0 spiro atoms. The lowest BCUT2D eigenvalue weighted by Crippen LogP contribution is -2.53. The van der Waals surface area contributed by atoms with E-state index in [1.807, 2.05) is 0 Å². The molecule has 162 valence electrons. The number of carbonyl (C=O) groups excluding carboxylic acids is 1. The highest BCUT2D eigenvalue weighted by Gasteiger charge is 2.36. The van der Waals surface area contributed by atoms with Crippen molar-refractivity contribution in [3.8, 4) is 0 Å². The number of hydrogen-bond acceptors (Lipinski definition) is 5. The highest BCUT2D eigenvalue weighted by Crippen LogP contribution is 2.26. The van der Waals surface area contributed by atoms with E-state index in [1.165, 1.54) is 16.3 Å². The van der Waals surface area contributed by atoms with Crippen LogP contribution in [-0.2, 0) is 24.8 Å². The fourth-order valence-electron chi connectivity index (χ4n) is 3.40. The van der Waals surface area contributed by atoms with Crippen LogP contribution in [0.1, 0.15) is 11.6 Å². The maximum atomic E-state index is 13.3. The molecule has 3 rings (SSSR count). The molecule has 1 saturated heterocycles. The van der Waals surface area contributed by atoms with Gasteiger partial charge in [0.2, 0.25) is 26.0 Å². The second-order valence-electron chi connectivity index (χ2n) is 7.13. The van der Waals surface area contributed by atoms with Gasteiger partial charge in [-0.3, -0.25) is 4.79 Å². The summed E-state index contributed by atoms with van der Waals surface area (Å²) in [5.41, 5.74) is 0.565. The molecule has 0 aromatic heterocycles. The molecule has 1 fully saturated rings. The summed E-state index contributed by atoms with van der Waals surface area (Å²) in [7, 11) is -5.88. The molecule has 0 radical (unpaired) electrons. The number of amides is 1. The lowest BCUT2D eigenvalue weighted by Gasteiger charge is -2.37. The van der Waals surface area contributed by atoms with Crippen molar-refractivity contribution in [2.45, 2.75) is 10.9 Å². The molecule has 1 aliphatic heterocycles. The molecule has 0 bridgehead atoms. The fourth-order valence-corrected chi connectivity index (χ4v) is 5.44. The van der Waals surface area contributed by atoms with Gasteiger partial charge >= 0.3 is 0 Å². The van der Waals surface area contributed by atoms with Crippen molar-refractivity contribution in [2.24, 2.45) is 0 Å². The quantitative estimate of drug-likeness (QED) is 0.657. The SMILES string of the molecule is CN([C@H](C(=O)N1CCN(S(=O)(=O)c2ccccc2)CC1)c1ccccc1)S(C)(=O)=O. The minimum absolute atomic E-state index is 0.146. The third-order valence-electron chi connectivity index (χ3n) is 5.17. The van der Waals surface area contributed by atoms with Gasteiger partial charge in [0, 0.05) is 33.2 Å². The van der Waals surface area contributed by atoms with Crippen LogP contribution >= 0.6 is 0 Å². The predicted octanol–water partition coefficient (Wildman–Crippen LogP) is 1.15. The molecular weight excluding hydrogens is 426 g/mol. The number of benzene rings is 2. The summed E-state index contributed by atoms with van der Waals surface area (Å²) >= 11 is 0. The molecule has 30 heavy (non-hydrogen) atoms. The summed E-state index contributed by atoms with van der Waals surface area (Å²) in [5, 5.41) is 0. The Labute approximate surface area is 177 Å². The van der Waals surface area contributed by atoms with E-state index in [-0.39, 0.29) is 37.0 Å². The van der Waals surface area contributed by atoms with Gasteiger partial charge in [0.15, 0.2) is 0 Å². The van der Waals surface area contributed by atoms with E-state index in [4.69, 9.17) is 0 Å². The summed E-state index contributed by atoms with van der Waals surface area (Å²) in [5.74, 6) is -0.370. The first kappa shape index (κ1) is 22.4. The number of nitrogens with zero attached hydrogens (tertiary/aromatic N) is 3. The van der Waals surface area contributed by atoms with Gasteiger partial charge in [0.1, 0.15) is 6.04 Å². The Morgan fingerprint density at radius 1 is 0.867 bits per heavy atom. The third kappa shape index (κ3) is 4.72. The first-order valence-electron chi connectivity index (χ1n) is 9.44. The van der Waals surface area contributed by atoms with E-state index in [1.54, 1.807) is 60.7 Å². The Balaban J connectivity index is 1.78. The molecule has 10 heteroatoms. The molecule has 1 aliphatic rings. The van der Waals surface area contributed by atoms with Crippen molar-refractivity contribution >= 4 is 26.0 Å². The first-order valence-corrected chi connectivity index (χ1v) is 12.7. The fraction of sp³-hybridized carbons (Fsp3) is 0.350. The summed E-state index contributed by atoms with van der Waals surface area (Å²) in [6, 6.07) is 15.9. The van der Waals surface area contributed by atoms with Crippen LogP contribution in [0.5, 0.6) is 0 Å². The second-order valence-corrected chi connectivity index (χ2v) is 11.1. The average Bonchev–Trinajstić information content (AvgIpc) is 2.74. The van der Waals surface area contributed by atoms with E-state index >= 15 is 0 Å². The van der Waals surface area contributed by atoms with Crippen molar-refractivity contribution in [2.75, 3.05) is 39.5 Å². The standard InChI is InChI=1S/C20H25N3O5S2/c1-21(29(2,25)26)19(17-9-5-3-6-10-17)20(24)22-13-15-23(16-14-22)30(27,28)18-11-7-4-8-12-18/h3-12,19H,13-16H2,1-2H3/t19-/m0/s1. The Bertz CT molecular complexity index is 1080. The minimum Gasteiger partial charge on any atom is -0.338 e. The molecule has 2 aromatic rings. The van der Waals surface area contributed by atoms with Crippen molar-refractivity contribution in [1.29, 1.82) is 0 Å². The summed E-state index contributed by atoms with van der Waals surface area (Å²) in [6.07, 6.45) is 1.06. The molecule has 1 atom stereocenters. The van der Waals surface area contributed by atoms with Crippen LogP contribution in [0.15, 0.2) is 65.6 Å². The number of hydrogen-bond donors (Lipinski definition) is 0. The number of piperazine rings is 1. The Morgan fingerprint density at radius 3 is 1.87 bits per heavy atom. The molecule has 8 nitrogen and oxygen atoms in total. The van der Waals surface area contributed by atoms with E-state index in [0.717, 1.165) is 10.6 Å². The maximum absolute atomic E-state index is 13.3. The summed E-state index contributed by atoms with van der Waals surface area (Å²) in [4.78, 5) is 15.0. The second kappa shape index (κ2) is 8.84. The Kier molecular flexibility index (Phi) is 6.61. The van der Waals surface area contributed by atoms with Crippen LogP contribution < -0.4 is 0 Å². The maximum Gasteiger partial charge on any atom is 0.245 e. The van der Waals surface area contributed by atoms with E-state index in [9.17, 15) is 21.6 Å². The zero-order valence-electron chi connectivity index (χ0n) is 16.9. The lowest BCUT2D eigenvalue weighted by atomic mass is 10.1. The number of sulfonamides is 2. The van der Waals surface area contributed by atoms with Gasteiger partial charge in [0.25, 0.3) is 0 Å². The summed E-state index contributed by atoms with van der Waals surface area (Å²) < 4.78 is 52.3. The normalized spacial score (nSPS) is 17.1.